The maximum atomic E-state index is 2.33. The minimum absolute atomic E-state index is 0.556. The van der Waals surface area contributed by atoms with Crippen LogP contribution in [0.2, 0.25) is 0 Å². The van der Waals surface area contributed by atoms with Crippen LogP contribution >= 0.6 is 0 Å². The molecule has 0 aliphatic carbocycles. The summed E-state index contributed by atoms with van der Waals surface area (Å²) in [5.74, 6) is 0.556. The lowest BCUT2D eigenvalue weighted by Gasteiger charge is -2.13. The van der Waals surface area contributed by atoms with Crippen molar-refractivity contribution in [1.82, 2.24) is 0 Å². The third-order valence-corrected chi connectivity index (χ3v) is 5.54. The first-order chi connectivity index (χ1) is 12.3. The van der Waals surface area contributed by atoms with Crippen LogP contribution in [0.1, 0.15) is 47.6 Å². The highest BCUT2D eigenvalue weighted by atomic mass is 14.9. The van der Waals surface area contributed by atoms with Crippen molar-refractivity contribution >= 4 is 0 Å². The summed E-state index contributed by atoms with van der Waals surface area (Å²) in [6.07, 6.45) is 0. The van der Waals surface area contributed by atoms with Crippen LogP contribution in [0.5, 0.6) is 0 Å². The van der Waals surface area contributed by atoms with Gasteiger partial charge in [-0.1, -0.05) is 32.0 Å². The van der Waals surface area contributed by atoms with Gasteiger partial charge in [0.25, 0.3) is 0 Å². The lowest BCUT2D eigenvalue weighted by molar-refractivity contribution is -0.649. The van der Waals surface area contributed by atoms with Crippen molar-refractivity contribution in [2.75, 3.05) is 0 Å². The van der Waals surface area contributed by atoms with Crippen LogP contribution in [0.3, 0.4) is 0 Å². The molecule has 134 valence electrons. The summed E-state index contributed by atoms with van der Waals surface area (Å²) in [6.45, 7) is 13.3. The number of nitrogens with zero attached hydrogens (tertiary/aromatic N) is 1. The third kappa shape index (κ3) is 3.31. The van der Waals surface area contributed by atoms with E-state index in [-0.39, 0.29) is 0 Å². The molecule has 0 spiro atoms. The second kappa shape index (κ2) is 7.07. The first kappa shape index (κ1) is 18.4. The van der Waals surface area contributed by atoms with Crippen LogP contribution in [-0.4, -0.2) is 0 Å². The molecule has 2 aromatic carbocycles. The molecule has 3 aromatic rings. The van der Waals surface area contributed by atoms with Crippen LogP contribution in [0.25, 0.3) is 22.5 Å². The molecule has 0 bridgehead atoms. The van der Waals surface area contributed by atoms with Gasteiger partial charge in [-0.05, 0) is 79.6 Å². The second-order valence-electron chi connectivity index (χ2n) is 7.84. The molecule has 0 unspecified atom stereocenters. The molecule has 1 aromatic heterocycles. The Labute approximate surface area is 158 Å². The van der Waals surface area contributed by atoms with E-state index < -0.39 is 0 Å². The molecule has 0 atom stereocenters. The Kier molecular flexibility index (Phi) is 5.00. The van der Waals surface area contributed by atoms with Crippen molar-refractivity contribution in [2.45, 2.75) is 47.5 Å². The lowest BCUT2D eigenvalue weighted by Crippen LogP contribution is -2.34. The van der Waals surface area contributed by atoms with Gasteiger partial charge in [-0.25, -0.2) is 0 Å². The Morgan fingerprint density at radius 3 is 1.85 bits per heavy atom. The molecule has 1 heterocycles. The maximum absolute atomic E-state index is 2.33. The SMILES string of the molecule is Cc1cc(C)c(-c2cccc(-c3ccc(C(C)C)cc3C)[n+]2C)cc1C. The highest BCUT2D eigenvalue weighted by molar-refractivity contribution is 5.67. The largest absolute Gasteiger partial charge is 0.213 e. The van der Waals surface area contributed by atoms with Crippen molar-refractivity contribution < 1.29 is 4.57 Å². The van der Waals surface area contributed by atoms with Crippen LogP contribution < -0.4 is 4.57 Å². The molecule has 0 saturated heterocycles. The summed E-state index contributed by atoms with van der Waals surface area (Å²) < 4.78 is 2.33. The minimum Gasteiger partial charge on any atom is -0.194 e. The summed E-state index contributed by atoms with van der Waals surface area (Å²) in [6, 6.07) is 18.1. The molecule has 0 amide bonds. The first-order valence-electron chi connectivity index (χ1n) is 9.47. The number of hydrogen-bond donors (Lipinski definition) is 0. The van der Waals surface area contributed by atoms with Crippen molar-refractivity contribution in [3.05, 3.63) is 76.3 Å². The number of pyridine rings is 1. The van der Waals surface area contributed by atoms with Crippen LogP contribution in [-0.2, 0) is 7.05 Å². The topological polar surface area (TPSA) is 3.88 Å². The zero-order chi connectivity index (χ0) is 19.0. The highest BCUT2D eigenvalue weighted by Gasteiger charge is 2.19. The summed E-state index contributed by atoms with van der Waals surface area (Å²) in [4.78, 5) is 0. The standard InChI is InChI=1S/C25H30N/c1-16(2)21-11-12-22(20(6)14-21)24-9-8-10-25(26(24)7)23-15-18(4)17(3)13-19(23)5/h8-16H,1-7H3/q+1. The monoisotopic (exact) mass is 344 g/mol. The van der Waals surface area contributed by atoms with Crippen molar-refractivity contribution in [1.29, 1.82) is 0 Å². The number of benzene rings is 2. The van der Waals surface area contributed by atoms with E-state index in [0.717, 1.165) is 0 Å². The Morgan fingerprint density at radius 2 is 1.23 bits per heavy atom. The van der Waals surface area contributed by atoms with E-state index in [9.17, 15) is 0 Å². The van der Waals surface area contributed by atoms with Crippen LogP contribution in [0, 0.1) is 27.7 Å². The van der Waals surface area contributed by atoms with E-state index >= 15 is 0 Å². The first-order valence-corrected chi connectivity index (χ1v) is 9.47. The number of hydrogen-bond acceptors (Lipinski definition) is 0. The minimum atomic E-state index is 0.556. The Balaban J connectivity index is 2.16. The molecule has 1 heteroatoms. The van der Waals surface area contributed by atoms with Crippen molar-refractivity contribution in [3.63, 3.8) is 0 Å². The predicted molar refractivity (Wildman–Crippen MR) is 112 cm³/mol. The van der Waals surface area contributed by atoms with E-state index in [2.05, 4.69) is 102 Å². The zero-order valence-electron chi connectivity index (χ0n) is 17.1. The smallest absolute Gasteiger partial charge is 0.194 e. The van der Waals surface area contributed by atoms with Crippen molar-refractivity contribution in [2.24, 2.45) is 7.05 Å². The fourth-order valence-corrected chi connectivity index (χ4v) is 3.69. The molecule has 1 nitrogen and oxygen atoms in total. The Morgan fingerprint density at radius 1 is 0.654 bits per heavy atom. The van der Waals surface area contributed by atoms with E-state index in [1.807, 2.05) is 0 Å². The number of aromatic nitrogens is 1. The summed E-state index contributed by atoms with van der Waals surface area (Å²) in [5, 5.41) is 0. The van der Waals surface area contributed by atoms with Gasteiger partial charge in [0.15, 0.2) is 0 Å². The Bertz CT molecular complexity index is 964. The maximum Gasteiger partial charge on any atom is 0.213 e. The molecule has 0 aliphatic rings. The summed E-state index contributed by atoms with van der Waals surface area (Å²) in [5.41, 5.74) is 11.9. The Hall–Kier alpha value is -2.41. The van der Waals surface area contributed by atoms with Gasteiger partial charge in [0, 0.05) is 23.3 Å². The molecule has 0 radical (unpaired) electrons. The second-order valence-corrected chi connectivity index (χ2v) is 7.84. The summed E-state index contributed by atoms with van der Waals surface area (Å²) in [7, 11) is 2.18. The van der Waals surface area contributed by atoms with Crippen LogP contribution in [0.15, 0.2) is 48.5 Å². The normalized spacial score (nSPS) is 11.2. The van der Waals surface area contributed by atoms with Gasteiger partial charge in [-0.2, -0.15) is 4.57 Å². The average molecular weight is 345 g/mol. The molecular formula is C25H30N+. The molecule has 0 saturated carbocycles. The molecular weight excluding hydrogens is 314 g/mol. The molecule has 26 heavy (non-hydrogen) atoms. The summed E-state index contributed by atoms with van der Waals surface area (Å²) >= 11 is 0. The fourth-order valence-electron chi connectivity index (χ4n) is 3.69. The number of aryl methyl sites for hydroxylation is 4. The van der Waals surface area contributed by atoms with E-state index in [4.69, 9.17) is 0 Å². The van der Waals surface area contributed by atoms with Crippen molar-refractivity contribution in [3.8, 4) is 22.5 Å². The fraction of sp³-hybridized carbons (Fsp3) is 0.320. The van der Waals surface area contributed by atoms with E-state index in [1.54, 1.807) is 0 Å². The number of rotatable bonds is 3. The van der Waals surface area contributed by atoms with Gasteiger partial charge in [0.2, 0.25) is 11.4 Å². The van der Waals surface area contributed by atoms with Crippen LogP contribution in [0.4, 0.5) is 0 Å². The highest BCUT2D eigenvalue weighted by Crippen LogP contribution is 2.28. The average Bonchev–Trinajstić information content (AvgIpc) is 2.59. The molecule has 3 rings (SSSR count). The molecule has 0 fully saturated rings. The quantitative estimate of drug-likeness (QED) is 0.498. The predicted octanol–water partition coefficient (Wildman–Crippen LogP) is 6.20. The lowest BCUT2D eigenvalue weighted by atomic mass is 9.95. The van der Waals surface area contributed by atoms with Gasteiger partial charge in [0.05, 0.1) is 0 Å². The van der Waals surface area contributed by atoms with E-state index in [0.29, 0.717) is 5.92 Å². The van der Waals surface area contributed by atoms with Gasteiger partial charge in [-0.3, -0.25) is 0 Å². The molecule has 0 aliphatic heterocycles. The van der Waals surface area contributed by atoms with Gasteiger partial charge in [-0.15, -0.1) is 0 Å². The van der Waals surface area contributed by atoms with Gasteiger partial charge >= 0.3 is 0 Å². The van der Waals surface area contributed by atoms with Gasteiger partial charge < -0.3 is 0 Å². The zero-order valence-corrected chi connectivity index (χ0v) is 17.1. The van der Waals surface area contributed by atoms with Gasteiger partial charge in [0.1, 0.15) is 7.05 Å². The molecule has 0 N–H and O–H groups in total. The third-order valence-electron chi connectivity index (χ3n) is 5.54. The van der Waals surface area contributed by atoms with E-state index in [1.165, 1.54) is 50.3 Å².